The molecule has 2 aromatic rings. The minimum Gasteiger partial charge on any atom is -0.325 e. The Morgan fingerprint density at radius 2 is 2.16 bits per heavy atom. The highest BCUT2D eigenvalue weighted by Gasteiger charge is 2.21. The van der Waals surface area contributed by atoms with Gasteiger partial charge in [-0.1, -0.05) is 35.0 Å². The zero-order valence-corrected chi connectivity index (χ0v) is 11.8. The maximum Gasteiger partial charge on any atom is 0.288 e. The van der Waals surface area contributed by atoms with Crippen molar-refractivity contribution in [2.24, 2.45) is 0 Å². The predicted octanol–water partition coefficient (Wildman–Crippen LogP) is 3.87. The average molecular weight is 316 g/mol. The number of hydrogen-bond acceptors (Lipinski definition) is 4. The molecule has 1 aliphatic rings. The van der Waals surface area contributed by atoms with E-state index in [1.165, 1.54) is 12.1 Å². The Hall–Kier alpha value is -1.24. The summed E-state index contributed by atoms with van der Waals surface area (Å²) in [7, 11) is 0. The summed E-state index contributed by atoms with van der Waals surface area (Å²) in [4.78, 5) is 14.8. The van der Waals surface area contributed by atoms with Gasteiger partial charge in [-0.05, 0) is 6.07 Å². The number of imidazole rings is 1. The van der Waals surface area contributed by atoms with Gasteiger partial charge in [-0.15, -0.1) is 0 Å². The lowest BCUT2D eigenvalue weighted by Gasteiger charge is -2.03. The number of fused-ring (bicyclic) bond motifs is 1. The highest BCUT2D eigenvalue weighted by Crippen LogP contribution is 2.37. The fourth-order valence-corrected chi connectivity index (χ4v) is 3.41. The molecule has 1 aliphatic heterocycles. The summed E-state index contributed by atoms with van der Waals surface area (Å²) >= 11 is 13.6. The molecule has 2 heterocycles. The van der Waals surface area contributed by atoms with E-state index in [4.69, 9.17) is 23.2 Å². The molecule has 0 atom stereocenters. The Labute approximate surface area is 122 Å². The van der Waals surface area contributed by atoms with Crippen molar-refractivity contribution >= 4 is 40.7 Å². The van der Waals surface area contributed by atoms with E-state index in [1.807, 2.05) is 10.8 Å². The van der Waals surface area contributed by atoms with Gasteiger partial charge in [0, 0.05) is 30.1 Å². The molecule has 0 spiro atoms. The third-order valence-electron chi connectivity index (χ3n) is 2.81. The largest absolute Gasteiger partial charge is 0.325 e. The zero-order chi connectivity index (χ0) is 13.6. The third kappa shape index (κ3) is 2.20. The Bertz CT molecular complexity index is 665. The van der Waals surface area contributed by atoms with Crippen molar-refractivity contribution < 1.29 is 4.92 Å². The van der Waals surface area contributed by atoms with Gasteiger partial charge in [0.2, 0.25) is 0 Å². The van der Waals surface area contributed by atoms with E-state index in [0.717, 1.165) is 17.5 Å². The Balaban J connectivity index is 2.13. The monoisotopic (exact) mass is 315 g/mol. The summed E-state index contributed by atoms with van der Waals surface area (Å²) in [5.74, 6) is 0.997. The molecule has 0 bridgehead atoms. The summed E-state index contributed by atoms with van der Waals surface area (Å²) in [6.07, 6.45) is 1.86. The molecular formula is C11H7Cl2N3O2S. The molecule has 0 radical (unpaired) electrons. The van der Waals surface area contributed by atoms with E-state index in [0.29, 0.717) is 16.3 Å². The minimum atomic E-state index is -0.527. The van der Waals surface area contributed by atoms with Crippen LogP contribution < -0.4 is 0 Å². The standard InChI is InChI=1S/C11H7Cl2N3O2S/c12-7-4-8(13)10(16(17)18)3-6(7)9-5-15-1-2-19-11(15)14-9/h3-5H,1-2H2. The second kappa shape index (κ2) is 4.70. The molecule has 0 N–H and O–H groups in total. The number of halogens is 2. The van der Waals surface area contributed by atoms with Gasteiger partial charge in [0.15, 0.2) is 5.16 Å². The molecule has 0 unspecified atom stereocenters. The van der Waals surface area contributed by atoms with Crippen molar-refractivity contribution in [3.8, 4) is 11.3 Å². The van der Waals surface area contributed by atoms with Crippen molar-refractivity contribution in [3.05, 3.63) is 38.5 Å². The van der Waals surface area contributed by atoms with E-state index in [-0.39, 0.29) is 10.7 Å². The smallest absolute Gasteiger partial charge is 0.288 e. The number of aromatic nitrogens is 2. The Morgan fingerprint density at radius 3 is 2.84 bits per heavy atom. The van der Waals surface area contributed by atoms with Gasteiger partial charge in [-0.3, -0.25) is 10.1 Å². The maximum atomic E-state index is 10.9. The molecule has 0 fully saturated rings. The third-order valence-corrected chi connectivity index (χ3v) is 4.40. The molecular weight excluding hydrogens is 309 g/mol. The van der Waals surface area contributed by atoms with Crippen molar-refractivity contribution in [2.75, 3.05) is 5.75 Å². The highest BCUT2D eigenvalue weighted by molar-refractivity contribution is 7.99. The number of benzene rings is 1. The lowest BCUT2D eigenvalue weighted by atomic mass is 10.1. The van der Waals surface area contributed by atoms with Gasteiger partial charge in [-0.2, -0.15) is 0 Å². The SMILES string of the molecule is O=[N+]([O-])c1cc(-c2cn3c(n2)SCC3)c(Cl)cc1Cl. The number of nitrogens with zero attached hydrogens (tertiary/aromatic N) is 3. The summed E-state index contributed by atoms with van der Waals surface area (Å²) in [5.41, 5.74) is 0.995. The molecule has 3 rings (SSSR count). The highest BCUT2D eigenvalue weighted by atomic mass is 35.5. The fraction of sp³-hybridized carbons (Fsp3) is 0.182. The van der Waals surface area contributed by atoms with Gasteiger partial charge in [-0.25, -0.2) is 4.98 Å². The molecule has 19 heavy (non-hydrogen) atoms. The van der Waals surface area contributed by atoms with Crippen LogP contribution in [-0.4, -0.2) is 20.2 Å². The molecule has 5 nitrogen and oxygen atoms in total. The van der Waals surface area contributed by atoms with Crippen LogP contribution in [0.3, 0.4) is 0 Å². The maximum absolute atomic E-state index is 10.9. The molecule has 0 amide bonds. The quantitative estimate of drug-likeness (QED) is 0.623. The van der Waals surface area contributed by atoms with Crippen LogP contribution >= 0.6 is 35.0 Å². The summed E-state index contributed by atoms with van der Waals surface area (Å²) < 4.78 is 2.01. The van der Waals surface area contributed by atoms with Crippen LogP contribution in [0.1, 0.15) is 0 Å². The average Bonchev–Trinajstić information content (AvgIpc) is 2.88. The van der Waals surface area contributed by atoms with Gasteiger partial charge >= 0.3 is 0 Å². The molecule has 0 saturated carbocycles. The van der Waals surface area contributed by atoms with Crippen LogP contribution in [0.5, 0.6) is 0 Å². The number of nitro groups is 1. The number of thioether (sulfide) groups is 1. The van der Waals surface area contributed by atoms with Gasteiger partial charge in [0.05, 0.1) is 15.6 Å². The summed E-state index contributed by atoms with van der Waals surface area (Å²) in [5, 5.41) is 12.2. The summed E-state index contributed by atoms with van der Waals surface area (Å²) in [6, 6.07) is 2.75. The van der Waals surface area contributed by atoms with Crippen molar-refractivity contribution in [1.29, 1.82) is 0 Å². The number of rotatable bonds is 2. The van der Waals surface area contributed by atoms with Crippen LogP contribution in [0.15, 0.2) is 23.5 Å². The first-order valence-corrected chi connectivity index (χ1v) is 7.14. The minimum absolute atomic E-state index is 0.0277. The second-order valence-corrected chi connectivity index (χ2v) is 5.87. The fourth-order valence-electron chi connectivity index (χ4n) is 1.91. The Kier molecular flexibility index (Phi) is 3.16. The number of hydrogen-bond donors (Lipinski definition) is 0. The van der Waals surface area contributed by atoms with Crippen LogP contribution in [0.4, 0.5) is 5.69 Å². The summed E-state index contributed by atoms with van der Waals surface area (Å²) in [6.45, 7) is 0.889. The molecule has 8 heteroatoms. The van der Waals surface area contributed by atoms with E-state index in [2.05, 4.69) is 4.98 Å². The Morgan fingerprint density at radius 1 is 1.37 bits per heavy atom. The van der Waals surface area contributed by atoms with Gasteiger partial charge < -0.3 is 4.57 Å². The predicted molar refractivity (Wildman–Crippen MR) is 75.1 cm³/mol. The van der Waals surface area contributed by atoms with E-state index in [1.54, 1.807) is 11.8 Å². The van der Waals surface area contributed by atoms with Gasteiger partial charge in [0.1, 0.15) is 5.02 Å². The van der Waals surface area contributed by atoms with Crippen molar-refractivity contribution in [2.45, 2.75) is 11.7 Å². The molecule has 98 valence electrons. The van der Waals surface area contributed by atoms with Crippen molar-refractivity contribution in [1.82, 2.24) is 9.55 Å². The van der Waals surface area contributed by atoms with Crippen LogP contribution in [0, 0.1) is 10.1 Å². The number of nitro benzene ring substituents is 1. The van der Waals surface area contributed by atoms with E-state index < -0.39 is 4.92 Å². The zero-order valence-electron chi connectivity index (χ0n) is 9.47. The van der Waals surface area contributed by atoms with Gasteiger partial charge in [0.25, 0.3) is 5.69 Å². The number of aryl methyl sites for hydroxylation is 1. The lowest BCUT2D eigenvalue weighted by Crippen LogP contribution is -1.92. The first-order valence-electron chi connectivity index (χ1n) is 5.40. The van der Waals surface area contributed by atoms with Crippen LogP contribution in [0.2, 0.25) is 10.0 Å². The topological polar surface area (TPSA) is 61.0 Å². The normalized spacial score (nSPS) is 13.6. The second-order valence-electron chi connectivity index (χ2n) is 3.99. The van der Waals surface area contributed by atoms with Crippen LogP contribution in [-0.2, 0) is 6.54 Å². The molecule has 0 aliphatic carbocycles. The van der Waals surface area contributed by atoms with E-state index in [9.17, 15) is 10.1 Å². The first-order chi connectivity index (χ1) is 9.06. The molecule has 1 aromatic carbocycles. The molecule has 0 saturated heterocycles. The lowest BCUT2D eigenvalue weighted by molar-refractivity contribution is -0.384. The van der Waals surface area contributed by atoms with Crippen molar-refractivity contribution in [3.63, 3.8) is 0 Å². The van der Waals surface area contributed by atoms with E-state index >= 15 is 0 Å². The molecule has 1 aromatic heterocycles. The van der Waals surface area contributed by atoms with Crippen LogP contribution in [0.25, 0.3) is 11.3 Å². The first kappa shape index (κ1) is 12.8.